The van der Waals surface area contributed by atoms with E-state index in [-0.39, 0.29) is 17.6 Å². The molecule has 1 saturated carbocycles. The number of esters is 1. The van der Waals surface area contributed by atoms with Crippen LogP contribution in [-0.2, 0) is 9.53 Å². The third-order valence-corrected chi connectivity index (χ3v) is 10.0. The highest BCUT2D eigenvalue weighted by Crippen LogP contribution is 2.44. The van der Waals surface area contributed by atoms with Crippen LogP contribution in [0.15, 0.2) is 29.1 Å². The van der Waals surface area contributed by atoms with Gasteiger partial charge in [0, 0.05) is 43.7 Å². The largest absolute Gasteiger partial charge is 0.469 e. The van der Waals surface area contributed by atoms with E-state index in [1.54, 1.807) is 0 Å². The third kappa shape index (κ3) is 5.11. The zero-order chi connectivity index (χ0) is 26.1. The number of ether oxygens (including phenoxy) is 1. The zero-order valence-electron chi connectivity index (χ0n) is 23.0. The molecule has 2 aromatic rings. The predicted molar refractivity (Wildman–Crippen MR) is 151 cm³/mol. The van der Waals surface area contributed by atoms with Crippen LogP contribution in [0.25, 0.3) is 11.0 Å². The average Bonchev–Trinajstić information content (AvgIpc) is 3.17. The summed E-state index contributed by atoms with van der Waals surface area (Å²) in [5.74, 6) is 0.764. The molecular weight excluding hydrogens is 476 g/mol. The van der Waals surface area contributed by atoms with Gasteiger partial charge in [-0.1, -0.05) is 44.2 Å². The van der Waals surface area contributed by atoms with Gasteiger partial charge in [0.15, 0.2) is 5.82 Å². The monoisotopic (exact) mass is 520 g/mol. The van der Waals surface area contributed by atoms with E-state index in [2.05, 4.69) is 26.5 Å². The van der Waals surface area contributed by atoms with Crippen molar-refractivity contribution in [3.05, 3.63) is 34.6 Å². The van der Waals surface area contributed by atoms with Crippen LogP contribution < -0.4 is 10.5 Å². The highest BCUT2D eigenvalue weighted by atomic mass is 16.5. The second kappa shape index (κ2) is 11.4. The van der Waals surface area contributed by atoms with Gasteiger partial charge in [-0.05, 0) is 69.4 Å². The molecule has 4 heterocycles. The first-order chi connectivity index (χ1) is 18.6. The van der Waals surface area contributed by atoms with Gasteiger partial charge in [-0.15, -0.1) is 0 Å². The van der Waals surface area contributed by atoms with Crippen LogP contribution in [0.4, 0.5) is 5.82 Å². The number of carbonyl (C=O) groups excluding carboxylic acids is 1. The minimum absolute atomic E-state index is 0.0684. The first-order valence-electron chi connectivity index (χ1n) is 15.2. The summed E-state index contributed by atoms with van der Waals surface area (Å²) >= 11 is 0. The quantitative estimate of drug-likeness (QED) is 0.488. The van der Waals surface area contributed by atoms with Gasteiger partial charge < -0.3 is 14.2 Å². The van der Waals surface area contributed by atoms with Gasteiger partial charge in [-0.25, -0.2) is 4.98 Å². The van der Waals surface area contributed by atoms with Crippen LogP contribution in [0.1, 0.15) is 95.9 Å². The molecule has 4 fully saturated rings. The first-order valence-corrected chi connectivity index (χ1v) is 15.2. The lowest BCUT2D eigenvalue weighted by atomic mass is 9.89. The summed E-state index contributed by atoms with van der Waals surface area (Å²) in [6.07, 6.45) is 16.6. The molecule has 3 saturated heterocycles. The molecule has 38 heavy (non-hydrogen) atoms. The molecule has 3 aliphatic heterocycles. The van der Waals surface area contributed by atoms with Crippen LogP contribution in [0.2, 0.25) is 0 Å². The standard InChI is InChI=1S/C31H44N4O3/c1-38-29(36)19-22-15-17-33(18-16-22)30-31(37)35(28-12-8-7-11-27(28)32-30)26-20-24-13-14-25(21-26)34(24)23-9-5-3-2-4-6-10-23/h7-8,11-12,22-26H,2-6,9-10,13-21H2,1H3/t24-,25?,26?/m0/s1. The number of benzene rings is 1. The molecule has 0 spiro atoms. The number of anilines is 1. The fourth-order valence-electron chi connectivity index (χ4n) is 8.10. The highest BCUT2D eigenvalue weighted by Gasteiger charge is 2.44. The van der Waals surface area contributed by atoms with Gasteiger partial charge in [0.25, 0.3) is 5.56 Å². The summed E-state index contributed by atoms with van der Waals surface area (Å²) in [5, 5.41) is 0. The van der Waals surface area contributed by atoms with Crippen LogP contribution in [0, 0.1) is 5.92 Å². The Morgan fingerprint density at radius 2 is 1.53 bits per heavy atom. The maximum absolute atomic E-state index is 14.2. The number of rotatable bonds is 5. The van der Waals surface area contributed by atoms with Crippen LogP contribution in [-0.4, -0.2) is 58.7 Å². The Kier molecular flexibility index (Phi) is 7.73. The van der Waals surface area contributed by atoms with Crippen molar-refractivity contribution in [1.29, 1.82) is 0 Å². The number of methoxy groups -OCH3 is 1. The molecule has 0 amide bonds. The van der Waals surface area contributed by atoms with Gasteiger partial charge in [0.05, 0.1) is 18.1 Å². The van der Waals surface area contributed by atoms with Gasteiger partial charge in [0.2, 0.25) is 0 Å². The van der Waals surface area contributed by atoms with Crippen LogP contribution >= 0.6 is 0 Å². The fraction of sp³-hybridized carbons (Fsp3) is 0.710. The number of hydrogen-bond acceptors (Lipinski definition) is 6. The number of hydrogen-bond donors (Lipinski definition) is 0. The van der Waals surface area contributed by atoms with E-state index in [1.807, 2.05) is 12.1 Å². The van der Waals surface area contributed by atoms with Crippen molar-refractivity contribution < 1.29 is 9.53 Å². The van der Waals surface area contributed by atoms with Crippen molar-refractivity contribution in [3.63, 3.8) is 0 Å². The second-order valence-electron chi connectivity index (χ2n) is 12.3. The summed E-state index contributed by atoms with van der Waals surface area (Å²) < 4.78 is 7.00. The van der Waals surface area contributed by atoms with Crippen LogP contribution in [0.3, 0.4) is 0 Å². The van der Waals surface area contributed by atoms with Crippen molar-refractivity contribution in [2.75, 3.05) is 25.1 Å². The molecule has 4 aliphatic rings. The Bertz CT molecular complexity index is 1170. The normalized spacial score (nSPS) is 27.8. The average molecular weight is 521 g/mol. The summed E-state index contributed by atoms with van der Waals surface area (Å²) in [5.41, 5.74) is 1.96. The molecule has 206 valence electrons. The summed E-state index contributed by atoms with van der Waals surface area (Å²) in [6, 6.07) is 10.4. The lowest BCUT2D eigenvalue weighted by Gasteiger charge is -2.45. The number of piperidine rings is 2. The van der Waals surface area contributed by atoms with Gasteiger partial charge >= 0.3 is 5.97 Å². The lowest BCUT2D eigenvalue weighted by molar-refractivity contribution is -0.141. The minimum Gasteiger partial charge on any atom is -0.469 e. The van der Waals surface area contributed by atoms with E-state index in [1.165, 1.54) is 64.9 Å². The molecule has 7 heteroatoms. The molecule has 0 N–H and O–H groups in total. The lowest BCUT2D eigenvalue weighted by Crippen LogP contribution is -2.50. The molecule has 6 rings (SSSR count). The highest BCUT2D eigenvalue weighted by molar-refractivity contribution is 5.76. The molecule has 3 atom stereocenters. The Balaban J connectivity index is 1.25. The number of nitrogens with zero attached hydrogens (tertiary/aromatic N) is 4. The summed E-state index contributed by atoms with van der Waals surface area (Å²) in [7, 11) is 1.45. The van der Waals surface area contributed by atoms with Gasteiger partial charge in [-0.2, -0.15) is 0 Å². The maximum atomic E-state index is 14.2. The molecule has 1 aromatic carbocycles. The van der Waals surface area contributed by atoms with Gasteiger partial charge in [-0.3, -0.25) is 14.5 Å². The molecule has 1 aliphatic carbocycles. The molecule has 2 bridgehead atoms. The number of aromatic nitrogens is 2. The Labute approximate surface area is 226 Å². The molecule has 7 nitrogen and oxygen atoms in total. The number of para-hydroxylation sites is 2. The van der Waals surface area contributed by atoms with E-state index >= 15 is 0 Å². The van der Waals surface area contributed by atoms with Crippen molar-refractivity contribution in [2.24, 2.45) is 5.92 Å². The Morgan fingerprint density at radius 1 is 0.868 bits per heavy atom. The van der Waals surface area contributed by atoms with Gasteiger partial charge in [0.1, 0.15) is 0 Å². The van der Waals surface area contributed by atoms with Crippen LogP contribution in [0.5, 0.6) is 0 Å². The molecule has 1 aromatic heterocycles. The van der Waals surface area contributed by atoms with Crippen molar-refractivity contribution in [2.45, 2.75) is 114 Å². The first kappa shape index (κ1) is 25.8. The molecule has 0 radical (unpaired) electrons. The van der Waals surface area contributed by atoms with E-state index in [9.17, 15) is 9.59 Å². The third-order valence-electron chi connectivity index (χ3n) is 10.0. The topological polar surface area (TPSA) is 67.7 Å². The SMILES string of the molecule is COC(=O)CC1CCN(c2nc3ccccc3n(C3CC4CC[C@@H](C3)N4C3CCCCCCC3)c2=O)CC1. The fourth-order valence-corrected chi connectivity index (χ4v) is 8.10. The van der Waals surface area contributed by atoms with Crippen molar-refractivity contribution >= 4 is 22.8 Å². The van der Waals surface area contributed by atoms with E-state index in [4.69, 9.17) is 9.72 Å². The molecular formula is C31H44N4O3. The van der Waals surface area contributed by atoms with E-state index in [0.717, 1.165) is 55.8 Å². The van der Waals surface area contributed by atoms with Crippen molar-refractivity contribution in [3.8, 4) is 0 Å². The zero-order valence-corrected chi connectivity index (χ0v) is 23.0. The van der Waals surface area contributed by atoms with Crippen molar-refractivity contribution in [1.82, 2.24) is 14.5 Å². The second-order valence-corrected chi connectivity index (χ2v) is 12.3. The summed E-state index contributed by atoms with van der Waals surface area (Å²) in [4.78, 5) is 35.9. The number of carbonyl (C=O) groups is 1. The summed E-state index contributed by atoms with van der Waals surface area (Å²) in [6.45, 7) is 1.52. The maximum Gasteiger partial charge on any atom is 0.305 e. The molecule has 2 unspecified atom stereocenters. The number of fused-ring (bicyclic) bond motifs is 3. The van der Waals surface area contributed by atoms with E-state index < -0.39 is 0 Å². The smallest absolute Gasteiger partial charge is 0.305 e. The van der Waals surface area contributed by atoms with E-state index in [0.29, 0.717) is 30.2 Å². The Hall–Kier alpha value is -2.41. The predicted octanol–water partition coefficient (Wildman–Crippen LogP) is 5.46. The minimum atomic E-state index is -0.144. The Morgan fingerprint density at radius 3 is 2.21 bits per heavy atom.